The van der Waals surface area contributed by atoms with E-state index < -0.39 is 6.10 Å². The Balaban J connectivity index is 1.59. The summed E-state index contributed by atoms with van der Waals surface area (Å²) in [4.78, 5) is 6.41. The van der Waals surface area contributed by atoms with Crippen LogP contribution in [0.4, 0.5) is 0 Å². The number of pyridine rings is 1. The second-order valence-electron chi connectivity index (χ2n) is 5.20. The fourth-order valence-corrected chi connectivity index (χ4v) is 2.59. The van der Waals surface area contributed by atoms with Crippen LogP contribution in [0.3, 0.4) is 0 Å². The lowest BCUT2D eigenvalue weighted by Gasteiger charge is -2.17. The smallest absolute Gasteiger partial charge is 0.138 e. The van der Waals surface area contributed by atoms with Crippen molar-refractivity contribution in [3.05, 3.63) is 59.4 Å². The van der Waals surface area contributed by atoms with Crippen LogP contribution >= 0.6 is 11.6 Å². The van der Waals surface area contributed by atoms with Gasteiger partial charge in [0.25, 0.3) is 0 Å². The van der Waals surface area contributed by atoms with Crippen LogP contribution in [0.25, 0.3) is 0 Å². The van der Waals surface area contributed by atoms with Crippen LogP contribution in [0.5, 0.6) is 5.75 Å². The fourth-order valence-electron chi connectivity index (χ4n) is 2.48. The number of likely N-dealkylation sites (tertiary alicyclic amines) is 1. The minimum Gasteiger partial charge on any atom is -0.486 e. The van der Waals surface area contributed by atoms with E-state index in [4.69, 9.17) is 16.3 Å². The molecule has 0 radical (unpaired) electrons. The number of nitrogens with zero attached hydrogens (tertiary/aromatic N) is 2. The second-order valence-corrected chi connectivity index (χ2v) is 5.63. The van der Waals surface area contributed by atoms with Gasteiger partial charge in [0, 0.05) is 25.8 Å². The Hall–Kier alpha value is -1.62. The van der Waals surface area contributed by atoms with Gasteiger partial charge in [-0.2, -0.15) is 0 Å². The number of aliphatic hydroxyl groups excluding tert-OH is 1. The number of halogens is 1. The first-order valence-corrected chi connectivity index (χ1v) is 7.31. The molecule has 2 aromatic rings. The van der Waals surface area contributed by atoms with Crippen molar-refractivity contribution in [3.8, 4) is 5.75 Å². The first-order chi connectivity index (χ1) is 10.2. The average molecular weight is 305 g/mol. The number of ether oxygens (including phenoxy) is 1. The van der Waals surface area contributed by atoms with Crippen molar-refractivity contribution in [2.75, 3.05) is 13.1 Å². The van der Waals surface area contributed by atoms with Gasteiger partial charge in [0.1, 0.15) is 18.0 Å². The van der Waals surface area contributed by atoms with E-state index in [9.17, 15) is 5.11 Å². The van der Waals surface area contributed by atoms with E-state index in [0.717, 1.165) is 11.4 Å². The topological polar surface area (TPSA) is 45.6 Å². The highest BCUT2D eigenvalue weighted by Gasteiger charge is 2.33. The van der Waals surface area contributed by atoms with Crippen LogP contribution in [0.2, 0.25) is 5.02 Å². The zero-order valence-electron chi connectivity index (χ0n) is 11.5. The highest BCUT2D eigenvalue weighted by Crippen LogP contribution is 2.20. The van der Waals surface area contributed by atoms with Gasteiger partial charge < -0.3 is 9.84 Å². The fraction of sp³-hybridized carbons (Fsp3) is 0.312. The van der Waals surface area contributed by atoms with Gasteiger partial charge in [-0.05, 0) is 24.3 Å². The zero-order valence-corrected chi connectivity index (χ0v) is 12.3. The molecule has 0 bridgehead atoms. The predicted octanol–water partition coefficient (Wildman–Crippen LogP) is 2.36. The molecule has 3 rings (SSSR count). The van der Waals surface area contributed by atoms with E-state index >= 15 is 0 Å². The molecular weight excluding hydrogens is 288 g/mol. The van der Waals surface area contributed by atoms with Crippen molar-refractivity contribution in [2.24, 2.45) is 0 Å². The normalized spacial score (nSPS) is 22.4. The molecule has 0 aliphatic carbocycles. The van der Waals surface area contributed by atoms with Gasteiger partial charge in [-0.25, -0.2) is 0 Å². The molecule has 0 spiro atoms. The number of β-amino-alcohol motifs (C(OH)–C–C–N with tert-alkyl or cyclic N) is 1. The molecule has 1 aromatic heterocycles. The average Bonchev–Trinajstić information content (AvgIpc) is 2.82. The lowest BCUT2D eigenvalue weighted by atomic mass is 10.2. The van der Waals surface area contributed by atoms with Crippen molar-refractivity contribution in [3.63, 3.8) is 0 Å². The molecule has 1 saturated heterocycles. The Labute approximate surface area is 128 Å². The van der Waals surface area contributed by atoms with Crippen LogP contribution in [0, 0.1) is 0 Å². The van der Waals surface area contributed by atoms with Crippen molar-refractivity contribution in [2.45, 2.75) is 18.8 Å². The van der Waals surface area contributed by atoms with Gasteiger partial charge in [-0.1, -0.05) is 29.8 Å². The third-order valence-electron chi connectivity index (χ3n) is 3.52. The molecule has 1 aromatic carbocycles. The van der Waals surface area contributed by atoms with E-state index in [1.807, 2.05) is 42.5 Å². The zero-order chi connectivity index (χ0) is 14.7. The minimum absolute atomic E-state index is 0.209. The van der Waals surface area contributed by atoms with Crippen LogP contribution in [0.1, 0.15) is 5.69 Å². The Morgan fingerprint density at radius 3 is 2.71 bits per heavy atom. The Bertz CT molecular complexity index is 577. The summed E-state index contributed by atoms with van der Waals surface area (Å²) < 4.78 is 5.84. The van der Waals surface area contributed by atoms with Crippen molar-refractivity contribution >= 4 is 11.6 Å². The lowest BCUT2D eigenvalue weighted by molar-refractivity contribution is 0.0737. The molecule has 0 amide bonds. The van der Waals surface area contributed by atoms with Gasteiger partial charge in [-0.3, -0.25) is 9.88 Å². The van der Waals surface area contributed by atoms with Crippen molar-refractivity contribution in [1.29, 1.82) is 0 Å². The summed E-state index contributed by atoms with van der Waals surface area (Å²) in [6, 6.07) is 13.3. The minimum atomic E-state index is -0.488. The number of para-hydroxylation sites is 1. The molecule has 0 saturated carbocycles. The number of benzene rings is 1. The van der Waals surface area contributed by atoms with Gasteiger partial charge in [0.05, 0.1) is 10.7 Å². The summed E-state index contributed by atoms with van der Waals surface area (Å²) in [5, 5.41) is 10.8. The molecule has 1 N–H and O–H groups in total. The van der Waals surface area contributed by atoms with E-state index in [-0.39, 0.29) is 6.10 Å². The molecule has 4 nitrogen and oxygen atoms in total. The van der Waals surface area contributed by atoms with E-state index in [2.05, 4.69) is 9.88 Å². The van der Waals surface area contributed by atoms with Gasteiger partial charge in [-0.15, -0.1) is 0 Å². The number of aliphatic hydroxyl groups is 1. The van der Waals surface area contributed by atoms with Gasteiger partial charge in [0.15, 0.2) is 0 Å². The summed E-state index contributed by atoms with van der Waals surface area (Å²) in [6.45, 7) is 1.95. The predicted molar refractivity (Wildman–Crippen MR) is 81.4 cm³/mol. The molecule has 2 heterocycles. The second kappa shape index (κ2) is 6.43. The summed E-state index contributed by atoms with van der Waals surface area (Å²) in [6.07, 6.45) is 0.943. The van der Waals surface area contributed by atoms with E-state index in [0.29, 0.717) is 24.7 Å². The van der Waals surface area contributed by atoms with Crippen molar-refractivity contribution in [1.82, 2.24) is 9.88 Å². The summed E-state index contributed by atoms with van der Waals surface area (Å²) in [5.41, 5.74) is 0.937. The Morgan fingerprint density at radius 1 is 1.19 bits per heavy atom. The highest BCUT2D eigenvalue weighted by atomic mass is 35.5. The molecule has 21 heavy (non-hydrogen) atoms. The third-order valence-corrected chi connectivity index (χ3v) is 3.74. The number of hydrogen-bond donors (Lipinski definition) is 1. The molecule has 1 aliphatic heterocycles. The first kappa shape index (κ1) is 14.3. The summed E-state index contributed by atoms with van der Waals surface area (Å²) >= 11 is 5.83. The monoisotopic (exact) mass is 304 g/mol. The SMILES string of the molecule is O[C@@H]1CN(Cc2ccc(Cl)cn2)C[C@H]1Oc1ccccc1. The maximum atomic E-state index is 10.1. The van der Waals surface area contributed by atoms with Crippen LogP contribution in [0.15, 0.2) is 48.7 Å². The number of aromatic nitrogens is 1. The molecule has 1 fully saturated rings. The quantitative estimate of drug-likeness (QED) is 0.942. The first-order valence-electron chi connectivity index (χ1n) is 6.93. The third kappa shape index (κ3) is 3.73. The van der Waals surface area contributed by atoms with E-state index in [1.54, 1.807) is 6.20 Å². The summed E-state index contributed by atoms with van der Waals surface area (Å²) in [5.74, 6) is 0.785. The summed E-state index contributed by atoms with van der Waals surface area (Å²) in [7, 11) is 0. The maximum Gasteiger partial charge on any atom is 0.138 e. The molecule has 2 atom stereocenters. The number of hydrogen-bond acceptors (Lipinski definition) is 4. The van der Waals surface area contributed by atoms with Gasteiger partial charge >= 0.3 is 0 Å². The van der Waals surface area contributed by atoms with E-state index in [1.165, 1.54) is 0 Å². The van der Waals surface area contributed by atoms with Crippen LogP contribution in [-0.4, -0.2) is 40.3 Å². The maximum absolute atomic E-state index is 10.1. The Morgan fingerprint density at radius 2 is 2.00 bits per heavy atom. The van der Waals surface area contributed by atoms with Crippen LogP contribution in [-0.2, 0) is 6.54 Å². The largest absolute Gasteiger partial charge is 0.486 e. The number of rotatable bonds is 4. The van der Waals surface area contributed by atoms with Gasteiger partial charge in [0.2, 0.25) is 0 Å². The molecule has 1 aliphatic rings. The van der Waals surface area contributed by atoms with Crippen molar-refractivity contribution < 1.29 is 9.84 Å². The molecular formula is C16H17ClN2O2. The molecule has 0 unspecified atom stereocenters. The molecule has 110 valence electrons. The Kier molecular flexibility index (Phi) is 4.39. The molecule has 5 heteroatoms. The van der Waals surface area contributed by atoms with Crippen LogP contribution < -0.4 is 4.74 Å². The lowest BCUT2D eigenvalue weighted by Crippen LogP contribution is -2.29. The highest BCUT2D eigenvalue weighted by molar-refractivity contribution is 6.30. The standard InChI is InChI=1S/C16H17ClN2O2/c17-12-6-7-13(18-8-12)9-19-10-15(20)16(11-19)21-14-4-2-1-3-5-14/h1-8,15-16,20H,9-11H2/t15-,16-/m1/s1.